The lowest BCUT2D eigenvalue weighted by atomic mass is 9.87. The predicted molar refractivity (Wildman–Crippen MR) is 142 cm³/mol. The zero-order valence-corrected chi connectivity index (χ0v) is 21.8. The van der Waals surface area contributed by atoms with Crippen molar-refractivity contribution in [1.82, 2.24) is 10.2 Å². The van der Waals surface area contributed by atoms with E-state index in [1.54, 1.807) is 51.1 Å². The third-order valence-corrected chi connectivity index (χ3v) is 6.23. The fourth-order valence-electron chi connectivity index (χ4n) is 4.20. The largest absolute Gasteiger partial charge is 0.444 e. The van der Waals surface area contributed by atoms with Gasteiger partial charge in [-0.05, 0) is 70.2 Å². The van der Waals surface area contributed by atoms with Gasteiger partial charge in [-0.3, -0.25) is 9.59 Å². The molecule has 0 bridgehead atoms. The monoisotopic (exact) mass is 505 g/mol. The number of carbonyl (C=O) groups is 3. The van der Waals surface area contributed by atoms with Gasteiger partial charge in [0.15, 0.2) is 0 Å². The van der Waals surface area contributed by atoms with Crippen LogP contribution in [0.3, 0.4) is 0 Å². The molecule has 0 aliphatic heterocycles. The molecule has 2 aromatic carbocycles. The summed E-state index contributed by atoms with van der Waals surface area (Å²) >= 11 is 0. The number of nitrogens with one attached hydrogen (secondary N) is 2. The predicted octanol–water partition coefficient (Wildman–Crippen LogP) is 3.92. The lowest BCUT2D eigenvalue weighted by Crippen LogP contribution is -2.58. The average molecular weight is 506 g/mol. The molecule has 0 aromatic heterocycles. The first-order chi connectivity index (χ1) is 17.6. The number of terminal acetylenes is 1. The van der Waals surface area contributed by atoms with Crippen LogP contribution in [0.15, 0.2) is 48.5 Å². The summed E-state index contributed by atoms with van der Waals surface area (Å²) in [6.45, 7) is 6.31. The van der Waals surface area contributed by atoms with Gasteiger partial charge in [0.1, 0.15) is 17.7 Å². The van der Waals surface area contributed by atoms with Crippen LogP contribution in [0.4, 0.5) is 10.5 Å². The van der Waals surface area contributed by atoms with Crippen LogP contribution in [0, 0.1) is 19.3 Å². The number of amides is 3. The molecule has 1 aliphatic rings. The molecule has 2 unspecified atom stereocenters. The Kier molecular flexibility index (Phi) is 8.95. The van der Waals surface area contributed by atoms with Crippen LogP contribution >= 0.6 is 0 Å². The second-order valence-electron chi connectivity index (χ2n) is 10.1. The molecule has 0 saturated heterocycles. The van der Waals surface area contributed by atoms with Crippen LogP contribution in [-0.4, -0.2) is 52.2 Å². The van der Waals surface area contributed by atoms with Crippen molar-refractivity contribution >= 4 is 23.6 Å². The number of aliphatic hydroxyl groups is 1. The molecule has 8 heteroatoms. The minimum Gasteiger partial charge on any atom is -0.444 e. The molecule has 0 radical (unpaired) electrons. The number of rotatable bonds is 8. The Morgan fingerprint density at radius 3 is 2.35 bits per heavy atom. The van der Waals surface area contributed by atoms with Crippen molar-refractivity contribution in [3.05, 3.63) is 65.2 Å². The average Bonchev–Trinajstić information content (AvgIpc) is 2.81. The molecule has 3 N–H and O–H groups in total. The number of aliphatic hydroxyl groups excluding tert-OH is 1. The lowest BCUT2D eigenvalue weighted by molar-refractivity contribution is -0.146. The van der Waals surface area contributed by atoms with E-state index in [-0.39, 0.29) is 6.04 Å². The maximum absolute atomic E-state index is 13.9. The summed E-state index contributed by atoms with van der Waals surface area (Å²) in [6, 6.07) is 11.7. The highest BCUT2D eigenvalue weighted by molar-refractivity contribution is 6.00. The summed E-state index contributed by atoms with van der Waals surface area (Å²) in [5, 5.41) is 15.5. The van der Waals surface area contributed by atoms with Crippen molar-refractivity contribution in [2.75, 3.05) is 11.9 Å². The molecular formula is C29H35N3O5. The smallest absolute Gasteiger partial charge is 0.408 e. The van der Waals surface area contributed by atoms with Gasteiger partial charge in [-0.25, -0.2) is 4.79 Å². The zero-order chi connectivity index (χ0) is 27.2. The Morgan fingerprint density at radius 2 is 1.78 bits per heavy atom. The standard InChI is InChI=1S/C29H35N3O5/c1-6-20-13-8-9-16-22(20)25(26(34)30-23-17-10-7-12-19(23)2)32(21-14-11-15-21)27(35)24(18-33)31-28(36)37-29(3,4)5/h1,7-10,12-13,16-17,21,24-25,33H,11,14-15,18H2,2-5H3,(H,30,34)(H,31,36). The van der Waals surface area contributed by atoms with Crippen LogP contribution in [-0.2, 0) is 14.3 Å². The number of para-hydroxylation sites is 1. The van der Waals surface area contributed by atoms with Crippen molar-refractivity contribution in [3.8, 4) is 12.3 Å². The normalized spacial score (nSPS) is 14.9. The number of aryl methyl sites for hydroxylation is 1. The first-order valence-electron chi connectivity index (χ1n) is 12.4. The molecule has 3 amide bonds. The van der Waals surface area contributed by atoms with E-state index in [1.807, 2.05) is 25.1 Å². The Balaban J connectivity index is 2.03. The molecule has 0 heterocycles. The number of alkyl carbamates (subject to hydrolysis) is 1. The molecule has 2 aromatic rings. The van der Waals surface area contributed by atoms with E-state index < -0.39 is 42.2 Å². The summed E-state index contributed by atoms with van der Waals surface area (Å²) in [7, 11) is 0. The molecule has 1 saturated carbocycles. The van der Waals surface area contributed by atoms with Gasteiger partial charge >= 0.3 is 6.09 Å². The summed E-state index contributed by atoms with van der Waals surface area (Å²) in [6.07, 6.45) is 7.20. The molecule has 37 heavy (non-hydrogen) atoms. The Morgan fingerprint density at radius 1 is 1.14 bits per heavy atom. The van der Waals surface area contributed by atoms with Gasteiger partial charge in [-0.15, -0.1) is 6.42 Å². The number of nitrogens with zero attached hydrogens (tertiary/aromatic N) is 1. The highest BCUT2D eigenvalue weighted by Crippen LogP contribution is 2.35. The number of hydrogen-bond donors (Lipinski definition) is 3. The van der Waals surface area contributed by atoms with Crippen molar-refractivity contribution in [3.63, 3.8) is 0 Å². The minimum absolute atomic E-state index is 0.263. The first-order valence-corrected chi connectivity index (χ1v) is 12.4. The summed E-state index contributed by atoms with van der Waals surface area (Å²) in [5.74, 6) is 1.59. The van der Waals surface area contributed by atoms with Crippen LogP contribution in [0.25, 0.3) is 0 Å². The highest BCUT2D eigenvalue weighted by Gasteiger charge is 2.42. The van der Waals surface area contributed by atoms with Crippen molar-refractivity contribution in [2.24, 2.45) is 0 Å². The van der Waals surface area contributed by atoms with Crippen LogP contribution < -0.4 is 10.6 Å². The molecule has 8 nitrogen and oxygen atoms in total. The quantitative estimate of drug-likeness (QED) is 0.472. The van der Waals surface area contributed by atoms with Crippen molar-refractivity contribution in [2.45, 2.75) is 70.7 Å². The van der Waals surface area contributed by atoms with Crippen molar-refractivity contribution in [1.29, 1.82) is 0 Å². The van der Waals surface area contributed by atoms with Crippen LogP contribution in [0.1, 0.15) is 62.8 Å². The number of anilines is 1. The second kappa shape index (κ2) is 11.9. The van der Waals surface area contributed by atoms with Gasteiger partial charge in [0.25, 0.3) is 5.91 Å². The number of benzene rings is 2. The Bertz CT molecular complexity index is 1180. The van der Waals surface area contributed by atoms with E-state index in [9.17, 15) is 19.5 Å². The molecule has 1 fully saturated rings. The fourth-order valence-corrected chi connectivity index (χ4v) is 4.20. The molecule has 1 aliphatic carbocycles. The second-order valence-corrected chi connectivity index (χ2v) is 10.1. The molecular weight excluding hydrogens is 470 g/mol. The van der Waals surface area contributed by atoms with E-state index in [4.69, 9.17) is 11.2 Å². The Labute approximate surface area is 218 Å². The van der Waals surface area contributed by atoms with E-state index in [1.165, 1.54) is 4.90 Å². The van der Waals surface area contributed by atoms with Gasteiger partial charge in [-0.2, -0.15) is 0 Å². The number of carbonyl (C=O) groups excluding carboxylic acids is 3. The van der Waals surface area contributed by atoms with Gasteiger partial charge in [0.05, 0.1) is 6.61 Å². The SMILES string of the molecule is C#Cc1ccccc1C(C(=O)Nc1ccccc1C)N(C(=O)C(CO)NC(=O)OC(C)(C)C)C1CCC1. The van der Waals surface area contributed by atoms with Gasteiger partial charge in [0, 0.05) is 17.3 Å². The molecule has 196 valence electrons. The minimum atomic E-state index is -1.30. The highest BCUT2D eigenvalue weighted by atomic mass is 16.6. The molecule has 2 atom stereocenters. The third kappa shape index (κ3) is 6.89. The zero-order valence-electron chi connectivity index (χ0n) is 21.8. The molecule has 3 rings (SSSR count). The third-order valence-electron chi connectivity index (χ3n) is 6.23. The fraction of sp³-hybridized carbons (Fsp3) is 0.414. The summed E-state index contributed by atoms with van der Waals surface area (Å²) < 4.78 is 5.28. The van der Waals surface area contributed by atoms with Crippen LogP contribution in [0.2, 0.25) is 0 Å². The van der Waals surface area contributed by atoms with E-state index >= 15 is 0 Å². The molecule has 0 spiro atoms. The van der Waals surface area contributed by atoms with Gasteiger partial charge < -0.3 is 25.4 Å². The summed E-state index contributed by atoms with van der Waals surface area (Å²) in [5.41, 5.74) is 1.65. The van der Waals surface area contributed by atoms with E-state index in [2.05, 4.69) is 16.6 Å². The topological polar surface area (TPSA) is 108 Å². The van der Waals surface area contributed by atoms with Crippen molar-refractivity contribution < 1.29 is 24.2 Å². The Hall–Kier alpha value is -3.83. The lowest BCUT2D eigenvalue weighted by Gasteiger charge is -2.43. The van der Waals surface area contributed by atoms with Gasteiger partial charge in [0.2, 0.25) is 5.91 Å². The number of hydrogen-bond acceptors (Lipinski definition) is 5. The van der Waals surface area contributed by atoms with Gasteiger partial charge in [-0.1, -0.05) is 42.3 Å². The maximum Gasteiger partial charge on any atom is 0.408 e. The summed E-state index contributed by atoms with van der Waals surface area (Å²) in [4.78, 5) is 41.7. The number of ether oxygens (including phenoxy) is 1. The van der Waals surface area contributed by atoms with E-state index in [0.29, 0.717) is 29.7 Å². The van der Waals surface area contributed by atoms with Crippen LogP contribution in [0.5, 0.6) is 0 Å². The maximum atomic E-state index is 13.9. The van der Waals surface area contributed by atoms with E-state index in [0.717, 1.165) is 12.0 Å². The first kappa shape index (κ1) is 27.8.